The standard InChI is InChI=1S/C17H28N4O2/c1-14(23-16-7-5-4-6-8-16)11-18-17(22)19-12-15-13-20(2)9-10-21(15)3/h4-8,14-15H,9-13H2,1-3H3,(H2,18,19,22)/t14-,15+/m0/s1. The van der Waals surface area contributed by atoms with Crippen LogP contribution in [0.5, 0.6) is 5.75 Å². The summed E-state index contributed by atoms with van der Waals surface area (Å²) in [5, 5.41) is 5.81. The van der Waals surface area contributed by atoms with Crippen LogP contribution in [-0.4, -0.2) is 74.8 Å². The highest BCUT2D eigenvalue weighted by atomic mass is 16.5. The summed E-state index contributed by atoms with van der Waals surface area (Å²) in [6.45, 7) is 6.16. The number of nitrogens with zero attached hydrogens (tertiary/aromatic N) is 2. The van der Waals surface area contributed by atoms with Gasteiger partial charge in [-0.25, -0.2) is 4.79 Å². The number of nitrogens with one attached hydrogen (secondary N) is 2. The van der Waals surface area contributed by atoms with Crippen LogP contribution in [0.3, 0.4) is 0 Å². The van der Waals surface area contributed by atoms with E-state index < -0.39 is 0 Å². The number of amides is 2. The van der Waals surface area contributed by atoms with Crippen molar-refractivity contribution in [2.24, 2.45) is 0 Å². The number of hydrogen-bond donors (Lipinski definition) is 2. The number of urea groups is 1. The minimum atomic E-state index is -0.143. The minimum Gasteiger partial charge on any atom is -0.489 e. The first kappa shape index (κ1) is 17.6. The van der Waals surface area contributed by atoms with Crippen LogP contribution in [0.4, 0.5) is 4.79 Å². The zero-order valence-electron chi connectivity index (χ0n) is 14.3. The van der Waals surface area contributed by atoms with Gasteiger partial charge in [-0.15, -0.1) is 0 Å². The van der Waals surface area contributed by atoms with Crippen LogP contribution >= 0.6 is 0 Å². The molecule has 2 rings (SSSR count). The van der Waals surface area contributed by atoms with Crippen LogP contribution in [0.15, 0.2) is 30.3 Å². The van der Waals surface area contributed by atoms with Crippen LogP contribution in [-0.2, 0) is 0 Å². The number of benzene rings is 1. The number of carbonyl (C=O) groups is 1. The molecule has 0 aliphatic carbocycles. The van der Waals surface area contributed by atoms with Crippen molar-refractivity contribution in [2.45, 2.75) is 19.1 Å². The number of para-hydroxylation sites is 1. The van der Waals surface area contributed by atoms with E-state index in [0.29, 0.717) is 19.1 Å². The summed E-state index contributed by atoms with van der Waals surface area (Å²) in [5.74, 6) is 0.814. The largest absolute Gasteiger partial charge is 0.489 e. The Bertz CT molecular complexity index is 483. The lowest BCUT2D eigenvalue weighted by Gasteiger charge is -2.37. The van der Waals surface area contributed by atoms with Gasteiger partial charge in [-0.05, 0) is 33.2 Å². The maximum absolute atomic E-state index is 11.9. The molecule has 6 heteroatoms. The summed E-state index contributed by atoms with van der Waals surface area (Å²) >= 11 is 0. The van der Waals surface area contributed by atoms with Gasteiger partial charge in [0.25, 0.3) is 0 Å². The zero-order chi connectivity index (χ0) is 16.7. The molecule has 0 aromatic heterocycles. The fraction of sp³-hybridized carbons (Fsp3) is 0.588. The van der Waals surface area contributed by atoms with Crippen LogP contribution in [0.2, 0.25) is 0 Å². The second kappa shape index (κ2) is 8.74. The van der Waals surface area contributed by atoms with Gasteiger partial charge < -0.3 is 20.3 Å². The van der Waals surface area contributed by atoms with E-state index in [4.69, 9.17) is 4.74 Å². The molecule has 1 saturated heterocycles. The third-order valence-corrected chi connectivity index (χ3v) is 4.11. The summed E-state index contributed by atoms with van der Waals surface area (Å²) in [6, 6.07) is 9.84. The lowest BCUT2D eigenvalue weighted by Crippen LogP contribution is -2.55. The molecule has 0 saturated carbocycles. The molecule has 6 nitrogen and oxygen atoms in total. The van der Waals surface area contributed by atoms with Gasteiger partial charge in [-0.1, -0.05) is 18.2 Å². The second-order valence-electron chi connectivity index (χ2n) is 6.23. The third-order valence-electron chi connectivity index (χ3n) is 4.11. The van der Waals surface area contributed by atoms with Gasteiger partial charge in [0.05, 0.1) is 6.54 Å². The van der Waals surface area contributed by atoms with E-state index >= 15 is 0 Å². The van der Waals surface area contributed by atoms with Crippen LogP contribution in [0.1, 0.15) is 6.92 Å². The van der Waals surface area contributed by atoms with E-state index in [-0.39, 0.29) is 12.1 Å². The topological polar surface area (TPSA) is 56.8 Å². The zero-order valence-corrected chi connectivity index (χ0v) is 14.3. The summed E-state index contributed by atoms with van der Waals surface area (Å²) in [4.78, 5) is 16.5. The Morgan fingerprint density at radius 2 is 2.00 bits per heavy atom. The molecule has 1 aliphatic rings. The van der Waals surface area contributed by atoms with E-state index in [2.05, 4.69) is 34.5 Å². The molecule has 1 aromatic rings. The Balaban J connectivity index is 1.64. The van der Waals surface area contributed by atoms with Crippen LogP contribution < -0.4 is 15.4 Å². The van der Waals surface area contributed by atoms with Crippen molar-refractivity contribution in [3.8, 4) is 5.75 Å². The average molecular weight is 320 g/mol. The van der Waals surface area contributed by atoms with E-state index in [1.165, 1.54) is 0 Å². The van der Waals surface area contributed by atoms with Gasteiger partial charge in [0.1, 0.15) is 11.9 Å². The van der Waals surface area contributed by atoms with Crippen LogP contribution in [0, 0.1) is 0 Å². The van der Waals surface area contributed by atoms with Gasteiger partial charge in [0.15, 0.2) is 0 Å². The van der Waals surface area contributed by atoms with E-state index in [9.17, 15) is 4.79 Å². The monoisotopic (exact) mass is 320 g/mol. The quantitative estimate of drug-likeness (QED) is 0.821. The van der Waals surface area contributed by atoms with Gasteiger partial charge >= 0.3 is 6.03 Å². The summed E-state index contributed by atoms with van der Waals surface area (Å²) < 4.78 is 5.73. The van der Waals surface area contributed by atoms with Crippen molar-refractivity contribution >= 4 is 6.03 Å². The Morgan fingerprint density at radius 1 is 1.26 bits per heavy atom. The minimum absolute atomic E-state index is 0.0772. The molecule has 0 bridgehead atoms. The van der Waals surface area contributed by atoms with Crippen molar-refractivity contribution in [1.29, 1.82) is 0 Å². The van der Waals surface area contributed by atoms with E-state index in [0.717, 1.165) is 25.4 Å². The third kappa shape index (κ3) is 6.08. The van der Waals surface area contributed by atoms with Crippen molar-refractivity contribution < 1.29 is 9.53 Å². The van der Waals surface area contributed by atoms with Gasteiger partial charge in [-0.3, -0.25) is 4.90 Å². The number of ether oxygens (including phenoxy) is 1. The van der Waals surface area contributed by atoms with Crippen molar-refractivity contribution in [3.05, 3.63) is 30.3 Å². The molecule has 1 aromatic carbocycles. The predicted octanol–water partition coefficient (Wildman–Crippen LogP) is 0.999. The first-order valence-corrected chi connectivity index (χ1v) is 8.17. The number of likely N-dealkylation sites (N-methyl/N-ethyl adjacent to an activating group) is 2. The molecular formula is C17H28N4O2. The molecule has 0 unspecified atom stereocenters. The van der Waals surface area contributed by atoms with Gasteiger partial charge in [0.2, 0.25) is 0 Å². The molecule has 128 valence electrons. The van der Waals surface area contributed by atoms with Gasteiger partial charge in [0, 0.05) is 32.2 Å². The molecule has 1 heterocycles. The summed E-state index contributed by atoms with van der Waals surface area (Å²) in [6.07, 6.45) is -0.0772. The molecule has 2 N–H and O–H groups in total. The molecule has 2 amide bonds. The van der Waals surface area contributed by atoms with Crippen molar-refractivity contribution in [3.63, 3.8) is 0 Å². The fourth-order valence-corrected chi connectivity index (χ4v) is 2.60. The Morgan fingerprint density at radius 3 is 2.74 bits per heavy atom. The summed E-state index contributed by atoms with van der Waals surface area (Å²) in [7, 11) is 4.22. The number of rotatable bonds is 6. The Hall–Kier alpha value is -1.79. The van der Waals surface area contributed by atoms with Crippen molar-refractivity contribution in [1.82, 2.24) is 20.4 Å². The number of piperazine rings is 1. The highest BCUT2D eigenvalue weighted by Crippen LogP contribution is 2.10. The van der Waals surface area contributed by atoms with Crippen LogP contribution in [0.25, 0.3) is 0 Å². The average Bonchev–Trinajstić information content (AvgIpc) is 2.54. The predicted molar refractivity (Wildman–Crippen MR) is 91.8 cm³/mol. The lowest BCUT2D eigenvalue weighted by atomic mass is 10.2. The molecule has 23 heavy (non-hydrogen) atoms. The number of carbonyl (C=O) groups excluding carboxylic acids is 1. The molecular weight excluding hydrogens is 292 g/mol. The fourth-order valence-electron chi connectivity index (χ4n) is 2.60. The Labute approximate surface area is 138 Å². The van der Waals surface area contributed by atoms with E-state index in [1.807, 2.05) is 37.3 Å². The Kier molecular flexibility index (Phi) is 6.67. The first-order valence-electron chi connectivity index (χ1n) is 8.17. The molecule has 2 atom stereocenters. The summed E-state index contributed by atoms with van der Waals surface area (Å²) in [5.41, 5.74) is 0. The lowest BCUT2D eigenvalue weighted by molar-refractivity contribution is 0.114. The van der Waals surface area contributed by atoms with Gasteiger partial charge in [-0.2, -0.15) is 0 Å². The normalized spacial score (nSPS) is 20.7. The highest BCUT2D eigenvalue weighted by Gasteiger charge is 2.22. The molecule has 1 aliphatic heterocycles. The molecule has 1 fully saturated rings. The second-order valence-corrected chi connectivity index (χ2v) is 6.23. The smallest absolute Gasteiger partial charge is 0.314 e. The molecule has 0 radical (unpaired) electrons. The van der Waals surface area contributed by atoms with Crippen molar-refractivity contribution in [2.75, 3.05) is 46.8 Å². The maximum atomic E-state index is 11.9. The van der Waals surface area contributed by atoms with E-state index in [1.54, 1.807) is 0 Å². The number of hydrogen-bond acceptors (Lipinski definition) is 4. The highest BCUT2D eigenvalue weighted by molar-refractivity contribution is 5.73. The SMILES string of the molecule is C[C@@H](CNC(=O)NC[C@@H]1CN(C)CCN1C)Oc1ccccc1. The molecule has 0 spiro atoms. The maximum Gasteiger partial charge on any atom is 0.314 e. The first-order chi connectivity index (χ1) is 11.0.